The maximum Gasteiger partial charge on any atom is 0.254 e. The smallest absolute Gasteiger partial charge is 0.254 e. The third-order valence-corrected chi connectivity index (χ3v) is 4.24. The van der Waals surface area contributed by atoms with Crippen LogP contribution >= 0.6 is 11.6 Å². The molecule has 1 atom stereocenters. The van der Waals surface area contributed by atoms with Crippen molar-refractivity contribution in [2.45, 2.75) is 26.5 Å². The summed E-state index contributed by atoms with van der Waals surface area (Å²) in [5.74, 6) is 1.14. The summed E-state index contributed by atoms with van der Waals surface area (Å²) in [4.78, 5) is 17.7. The molecule has 3 rings (SSSR count). The molecular weight excluding hydrogens is 322 g/mol. The van der Waals surface area contributed by atoms with Crippen molar-refractivity contribution in [3.63, 3.8) is 0 Å². The van der Waals surface area contributed by atoms with E-state index in [2.05, 4.69) is 0 Å². The minimum Gasteiger partial charge on any atom is -0.486 e. The molecule has 0 N–H and O–H groups in total. The zero-order chi connectivity index (χ0) is 16.6. The molecule has 2 aliphatic heterocycles. The van der Waals surface area contributed by atoms with Crippen molar-refractivity contribution >= 4 is 17.5 Å². The topological polar surface area (TPSA) is 57.2 Å². The van der Waals surface area contributed by atoms with Crippen LogP contribution in [-0.2, 0) is 20.9 Å². The highest BCUT2D eigenvalue weighted by atomic mass is 35.5. The monoisotopic (exact) mass is 341 g/mol. The first kappa shape index (κ1) is 16.4. The first-order valence-electron chi connectivity index (χ1n) is 7.46. The number of fused-ring (bicyclic) bond motifs is 1. The van der Waals surface area contributed by atoms with Gasteiger partial charge >= 0.3 is 0 Å². The van der Waals surface area contributed by atoms with Gasteiger partial charge in [-0.2, -0.15) is 0 Å². The van der Waals surface area contributed by atoms with E-state index in [9.17, 15) is 4.79 Å². The third-order valence-electron chi connectivity index (χ3n) is 3.88. The van der Waals surface area contributed by atoms with E-state index in [0.29, 0.717) is 36.3 Å². The van der Waals surface area contributed by atoms with E-state index < -0.39 is 5.41 Å². The Balaban J connectivity index is 1.79. The molecule has 0 spiro atoms. The maximum absolute atomic E-state index is 12.3. The van der Waals surface area contributed by atoms with Crippen LogP contribution in [0.1, 0.15) is 19.4 Å². The second-order valence-electron chi connectivity index (χ2n) is 6.40. The number of carbonyl (C=O) groups excluding carboxylic acids is 1. The molecule has 1 unspecified atom stereocenters. The molecule has 0 bridgehead atoms. The fourth-order valence-electron chi connectivity index (χ4n) is 2.54. The fourth-order valence-corrected chi connectivity index (χ4v) is 2.75. The van der Waals surface area contributed by atoms with Crippen LogP contribution in [0.4, 0.5) is 0 Å². The lowest BCUT2D eigenvalue weighted by atomic mass is 9.95. The van der Waals surface area contributed by atoms with E-state index in [4.69, 9.17) is 30.6 Å². The molecule has 0 aliphatic carbocycles. The molecule has 0 aromatic heterocycles. The van der Waals surface area contributed by atoms with Gasteiger partial charge < -0.3 is 14.2 Å². The molecule has 2 aliphatic rings. The summed E-state index contributed by atoms with van der Waals surface area (Å²) in [6.07, 6.45) is -0.162. The standard InChI is InChI=1S/C16H20ClNO5/c1-16(2)9-22-18(15(16)19)6-10-4-14-13(5-12(10)17)21-8-11(23-14)7-20-3/h4-5,11H,6-9H2,1-3H3. The molecule has 7 heteroatoms. The molecular formula is C16H20ClNO5. The Morgan fingerprint density at radius 3 is 2.83 bits per heavy atom. The van der Waals surface area contributed by atoms with Gasteiger partial charge in [0.1, 0.15) is 6.61 Å². The molecule has 1 aromatic carbocycles. The molecule has 23 heavy (non-hydrogen) atoms. The number of nitrogens with zero attached hydrogens (tertiary/aromatic N) is 1. The van der Waals surface area contributed by atoms with E-state index in [1.54, 1.807) is 19.2 Å². The van der Waals surface area contributed by atoms with Gasteiger partial charge in [0.25, 0.3) is 5.91 Å². The van der Waals surface area contributed by atoms with Gasteiger partial charge in [-0.3, -0.25) is 9.63 Å². The summed E-state index contributed by atoms with van der Waals surface area (Å²) < 4.78 is 16.6. The number of methoxy groups -OCH3 is 1. The number of halogens is 1. The van der Waals surface area contributed by atoms with Crippen LogP contribution < -0.4 is 9.47 Å². The second kappa shape index (κ2) is 6.19. The maximum atomic E-state index is 12.3. The Morgan fingerprint density at radius 2 is 2.17 bits per heavy atom. The average Bonchev–Trinajstić information content (AvgIpc) is 2.76. The van der Waals surface area contributed by atoms with Crippen LogP contribution in [0.2, 0.25) is 5.02 Å². The number of hydroxylamine groups is 2. The van der Waals surface area contributed by atoms with Gasteiger partial charge in [0.15, 0.2) is 17.6 Å². The number of hydrogen-bond acceptors (Lipinski definition) is 5. The van der Waals surface area contributed by atoms with Gasteiger partial charge in [0.2, 0.25) is 0 Å². The zero-order valence-electron chi connectivity index (χ0n) is 13.4. The quantitative estimate of drug-likeness (QED) is 0.841. The van der Waals surface area contributed by atoms with Crippen molar-refractivity contribution in [2.24, 2.45) is 5.41 Å². The van der Waals surface area contributed by atoms with Crippen molar-refractivity contribution < 1.29 is 23.8 Å². The van der Waals surface area contributed by atoms with Gasteiger partial charge in [-0.05, 0) is 25.5 Å². The Hall–Kier alpha value is -1.50. The Kier molecular flexibility index (Phi) is 4.40. The summed E-state index contributed by atoms with van der Waals surface area (Å²) >= 11 is 6.30. The summed E-state index contributed by atoms with van der Waals surface area (Å²) in [6.45, 7) is 5.21. The summed E-state index contributed by atoms with van der Waals surface area (Å²) in [7, 11) is 1.62. The zero-order valence-corrected chi connectivity index (χ0v) is 14.2. The van der Waals surface area contributed by atoms with Gasteiger partial charge in [0.05, 0.1) is 25.2 Å². The molecule has 1 saturated heterocycles. The molecule has 1 fully saturated rings. The lowest BCUT2D eigenvalue weighted by molar-refractivity contribution is -0.165. The van der Waals surface area contributed by atoms with Crippen LogP contribution in [0.25, 0.3) is 0 Å². The van der Waals surface area contributed by atoms with Gasteiger partial charge in [0, 0.05) is 18.2 Å². The normalized spacial score (nSPS) is 22.5. The Labute approximate surface area is 140 Å². The molecule has 1 aromatic rings. The molecule has 0 radical (unpaired) electrons. The Bertz CT molecular complexity index is 619. The first-order chi connectivity index (χ1) is 10.9. The third kappa shape index (κ3) is 3.24. The molecule has 126 valence electrons. The van der Waals surface area contributed by atoms with Crippen LogP contribution in [0.15, 0.2) is 12.1 Å². The van der Waals surface area contributed by atoms with Gasteiger partial charge in [-0.25, -0.2) is 5.06 Å². The minimum absolute atomic E-state index is 0.0549. The molecule has 1 amide bonds. The van der Waals surface area contributed by atoms with Crippen molar-refractivity contribution in [2.75, 3.05) is 26.9 Å². The van der Waals surface area contributed by atoms with Crippen molar-refractivity contribution in [1.82, 2.24) is 5.06 Å². The average molecular weight is 342 g/mol. The lowest BCUT2D eigenvalue weighted by Crippen LogP contribution is -2.33. The van der Waals surface area contributed by atoms with Crippen LogP contribution in [0.5, 0.6) is 11.5 Å². The minimum atomic E-state index is -0.510. The van der Waals surface area contributed by atoms with E-state index in [1.165, 1.54) is 5.06 Å². The molecule has 2 heterocycles. The van der Waals surface area contributed by atoms with Crippen LogP contribution in [0.3, 0.4) is 0 Å². The fraction of sp³-hybridized carbons (Fsp3) is 0.562. The summed E-state index contributed by atoms with van der Waals surface area (Å²) in [5, 5.41) is 1.86. The van der Waals surface area contributed by atoms with Crippen LogP contribution in [-0.4, -0.2) is 44.0 Å². The van der Waals surface area contributed by atoms with Gasteiger partial charge in [-0.1, -0.05) is 11.6 Å². The van der Waals surface area contributed by atoms with Crippen molar-refractivity contribution in [3.05, 3.63) is 22.7 Å². The van der Waals surface area contributed by atoms with E-state index >= 15 is 0 Å². The second-order valence-corrected chi connectivity index (χ2v) is 6.80. The summed E-state index contributed by atoms with van der Waals surface area (Å²) in [6, 6.07) is 3.50. The van der Waals surface area contributed by atoms with Crippen molar-refractivity contribution in [3.8, 4) is 11.5 Å². The number of rotatable bonds is 4. The van der Waals surface area contributed by atoms with Crippen molar-refractivity contribution in [1.29, 1.82) is 0 Å². The molecule has 0 saturated carbocycles. The number of ether oxygens (including phenoxy) is 3. The van der Waals surface area contributed by atoms with E-state index in [0.717, 1.165) is 5.56 Å². The predicted molar refractivity (Wildman–Crippen MR) is 83.5 cm³/mol. The van der Waals surface area contributed by atoms with Gasteiger partial charge in [-0.15, -0.1) is 0 Å². The highest BCUT2D eigenvalue weighted by Crippen LogP contribution is 2.38. The predicted octanol–water partition coefficient (Wildman–Crippen LogP) is 2.43. The molecule has 6 nitrogen and oxygen atoms in total. The SMILES string of the molecule is COCC1COc2cc(Cl)c(CN3OCC(C)(C)C3=O)cc2O1. The van der Waals surface area contributed by atoms with E-state index in [1.807, 2.05) is 13.8 Å². The number of hydrogen-bond donors (Lipinski definition) is 0. The summed E-state index contributed by atoms with van der Waals surface area (Å²) in [5.41, 5.74) is 0.238. The highest BCUT2D eigenvalue weighted by Gasteiger charge is 2.40. The first-order valence-corrected chi connectivity index (χ1v) is 7.84. The highest BCUT2D eigenvalue weighted by molar-refractivity contribution is 6.31. The number of amides is 1. The number of carbonyl (C=O) groups is 1. The van der Waals surface area contributed by atoms with Crippen LogP contribution in [0, 0.1) is 5.41 Å². The largest absolute Gasteiger partial charge is 0.486 e. The van der Waals surface area contributed by atoms with E-state index in [-0.39, 0.29) is 18.6 Å². The Morgan fingerprint density at radius 1 is 1.39 bits per heavy atom. The lowest BCUT2D eigenvalue weighted by Gasteiger charge is -2.27. The number of benzene rings is 1.